The quantitative estimate of drug-likeness (QED) is 0.566. The number of carbonyl (C=O) groups is 1. The fourth-order valence-electron chi connectivity index (χ4n) is 3.55. The summed E-state index contributed by atoms with van der Waals surface area (Å²) in [6.07, 6.45) is 3.35. The van der Waals surface area contributed by atoms with Crippen LogP contribution in [-0.4, -0.2) is 47.0 Å². The largest absolute Gasteiger partial charge is 0.340 e. The molecule has 1 saturated heterocycles. The molecule has 4 rings (SSSR count). The van der Waals surface area contributed by atoms with E-state index in [0.29, 0.717) is 37.1 Å². The maximum atomic E-state index is 12.6. The van der Waals surface area contributed by atoms with Crippen LogP contribution in [0.25, 0.3) is 6.08 Å². The lowest BCUT2D eigenvalue weighted by molar-refractivity contribution is -0.126. The highest BCUT2D eigenvalue weighted by atomic mass is 35.5. The fourth-order valence-corrected chi connectivity index (χ4v) is 3.75. The molecule has 1 fully saturated rings. The lowest BCUT2D eigenvalue weighted by atomic mass is 10.2. The summed E-state index contributed by atoms with van der Waals surface area (Å²) in [6.45, 7) is 6.62. The Balaban J connectivity index is 1.38. The summed E-state index contributed by atoms with van der Waals surface area (Å²) in [5.41, 5.74) is 3.93. The van der Waals surface area contributed by atoms with Crippen LogP contribution >= 0.6 is 11.6 Å². The van der Waals surface area contributed by atoms with Crippen molar-refractivity contribution in [2.75, 3.05) is 36.4 Å². The number of anilines is 3. The Morgan fingerprint density at radius 3 is 2.44 bits per heavy atom. The minimum absolute atomic E-state index is 0.0172. The summed E-state index contributed by atoms with van der Waals surface area (Å²) in [6, 6.07) is 17.6. The Morgan fingerprint density at radius 2 is 1.72 bits per heavy atom. The number of amides is 1. The first-order chi connectivity index (χ1) is 15.5. The van der Waals surface area contributed by atoms with E-state index >= 15 is 0 Å². The van der Waals surface area contributed by atoms with Crippen LogP contribution in [-0.2, 0) is 4.79 Å². The molecule has 2 heterocycles. The van der Waals surface area contributed by atoms with Crippen LogP contribution < -0.4 is 10.2 Å². The zero-order valence-electron chi connectivity index (χ0n) is 18.3. The van der Waals surface area contributed by atoms with Crippen LogP contribution in [0.4, 0.5) is 17.5 Å². The van der Waals surface area contributed by atoms with E-state index in [2.05, 4.69) is 34.3 Å². The van der Waals surface area contributed by atoms with Gasteiger partial charge in [0.2, 0.25) is 11.9 Å². The molecule has 3 aromatic rings. The molecular weight excluding hydrogens is 422 g/mol. The van der Waals surface area contributed by atoms with Crippen molar-refractivity contribution >= 4 is 41.0 Å². The van der Waals surface area contributed by atoms with Gasteiger partial charge in [0.05, 0.1) is 0 Å². The van der Waals surface area contributed by atoms with Crippen LogP contribution in [0.3, 0.4) is 0 Å². The molecule has 0 aliphatic carbocycles. The highest BCUT2D eigenvalue weighted by Gasteiger charge is 2.22. The van der Waals surface area contributed by atoms with Gasteiger partial charge in [-0.3, -0.25) is 4.79 Å². The van der Waals surface area contributed by atoms with Crippen LogP contribution in [0.5, 0.6) is 0 Å². The first-order valence-corrected chi connectivity index (χ1v) is 11.0. The topological polar surface area (TPSA) is 61.4 Å². The van der Waals surface area contributed by atoms with Crippen LogP contribution in [0.2, 0.25) is 5.02 Å². The van der Waals surface area contributed by atoms with Crippen molar-refractivity contribution < 1.29 is 4.79 Å². The Morgan fingerprint density at radius 1 is 1.00 bits per heavy atom. The van der Waals surface area contributed by atoms with Crippen molar-refractivity contribution in [3.8, 4) is 0 Å². The summed E-state index contributed by atoms with van der Waals surface area (Å²) >= 11 is 6.16. The second kappa shape index (κ2) is 9.83. The van der Waals surface area contributed by atoms with Crippen molar-refractivity contribution in [3.63, 3.8) is 0 Å². The molecule has 2 aromatic carbocycles. The van der Waals surface area contributed by atoms with Gasteiger partial charge in [0, 0.05) is 54.7 Å². The van der Waals surface area contributed by atoms with E-state index in [1.807, 2.05) is 54.3 Å². The molecule has 0 unspecified atom stereocenters. The van der Waals surface area contributed by atoms with Gasteiger partial charge in [-0.1, -0.05) is 47.5 Å². The van der Waals surface area contributed by atoms with Gasteiger partial charge in [-0.05, 0) is 43.7 Å². The maximum absolute atomic E-state index is 12.6. The second-order valence-corrected chi connectivity index (χ2v) is 8.26. The molecule has 1 N–H and O–H groups in total. The molecule has 0 spiro atoms. The summed E-state index contributed by atoms with van der Waals surface area (Å²) < 4.78 is 0. The molecule has 0 atom stereocenters. The Bertz CT molecular complexity index is 1120. The van der Waals surface area contributed by atoms with Gasteiger partial charge in [0.1, 0.15) is 5.82 Å². The SMILES string of the molecule is Cc1ccc(Nc2cc(C)nc(N3CCN(C(=O)/C=C/c4ccccc4Cl)CC3)n2)cc1. The first-order valence-electron chi connectivity index (χ1n) is 10.6. The molecule has 164 valence electrons. The van der Waals surface area contributed by atoms with E-state index < -0.39 is 0 Å². The first kappa shape index (κ1) is 21.8. The molecule has 7 heteroatoms. The van der Waals surface area contributed by atoms with Gasteiger partial charge < -0.3 is 15.1 Å². The van der Waals surface area contributed by atoms with Crippen molar-refractivity contribution in [1.82, 2.24) is 14.9 Å². The molecule has 1 aliphatic rings. The van der Waals surface area contributed by atoms with E-state index in [0.717, 1.165) is 22.8 Å². The molecule has 1 aromatic heterocycles. The normalized spacial score (nSPS) is 14.1. The predicted molar refractivity (Wildman–Crippen MR) is 131 cm³/mol. The number of aryl methyl sites for hydroxylation is 2. The average Bonchev–Trinajstić information content (AvgIpc) is 2.79. The number of rotatable bonds is 5. The Kier molecular flexibility index (Phi) is 6.71. The molecule has 0 saturated carbocycles. The zero-order valence-corrected chi connectivity index (χ0v) is 19.0. The highest BCUT2D eigenvalue weighted by Crippen LogP contribution is 2.20. The molecule has 32 heavy (non-hydrogen) atoms. The third kappa shape index (κ3) is 5.45. The van der Waals surface area contributed by atoms with E-state index in [4.69, 9.17) is 16.6 Å². The smallest absolute Gasteiger partial charge is 0.246 e. The number of benzene rings is 2. The number of piperazine rings is 1. The molecule has 1 amide bonds. The number of halogens is 1. The second-order valence-electron chi connectivity index (χ2n) is 7.85. The number of hydrogen-bond donors (Lipinski definition) is 1. The summed E-state index contributed by atoms with van der Waals surface area (Å²) in [5.74, 6) is 1.42. The van der Waals surface area contributed by atoms with E-state index in [1.165, 1.54) is 5.56 Å². The molecule has 0 radical (unpaired) electrons. The summed E-state index contributed by atoms with van der Waals surface area (Å²) in [7, 11) is 0. The summed E-state index contributed by atoms with van der Waals surface area (Å²) in [4.78, 5) is 25.9. The third-order valence-corrected chi connectivity index (χ3v) is 5.70. The van der Waals surface area contributed by atoms with Gasteiger partial charge in [0.15, 0.2) is 0 Å². The average molecular weight is 448 g/mol. The van der Waals surface area contributed by atoms with Gasteiger partial charge >= 0.3 is 0 Å². The lowest BCUT2D eigenvalue weighted by Crippen LogP contribution is -2.48. The third-order valence-electron chi connectivity index (χ3n) is 5.35. The molecule has 1 aliphatic heterocycles. The van der Waals surface area contributed by atoms with Gasteiger partial charge in [-0.15, -0.1) is 0 Å². The van der Waals surface area contributed by atoms with Crippen molar-refractivity contribution in [3.05, 3.63) is 82.5 Å². The predicted octanol–water partition coefficient (Wildman–Crippen LogP) is 4.85. The van der Waals surface area contributed by atoms with Crippen molar-refractivity contribution in [2.45, 2.75) is 13.8 Å². The maximum Gasteiger partial charge on any atom is 0.246 e. The lowest BCUT2D eigenvalue weighted by Gasteiger charge is -2.34. The van der Waals surface area contributed by atoms with E-state index in [1.54, 1.807) is 12.2 Å². The fraction of sp³-hybridized carbons (Fsp3) is 0.240. The Hall–Kier alpha value is -3.38. The van der Waals surface area contributed by atoms with Crippen molar-refractivity contribution in [2.24, 2.45) is 0 Å². The molecular formula is C25H26ClN5O. The monoisotopic (exact) mass is 447 g/mol. The van der Waals surface area contributed by atoms with E-state index in [9.17, 15) is 4.79 Å². The van der Waals surface area contributed by atoms with Crippen LogP contribution in [0, 0.1) is 13.8 Å². The Labute approximate surface area is 193 Å². The zero-order chi connectivity index (χ0) is 22.5. The minimum Gasteiger partial charge on any atom is -0.340 e. The number of nitrogens with one attached hydrogen (secondary N) is 1. The standard InChI is InChI=1S/C25H26ClN5O/c1-18-7-10-21(11-8-18)28-23-17-19(2)27-25(29-23)31-15-13-30(14-16-31)24(32)12-9-20-5-3-4-6-22(20)26/h3-12,17H,13-16H2,1-2H3,(H,27,28,29)/b12-9+. The summed E-state index contributed by atoms with van der Waals surface area (Å²) in [5, 5.41) is 3.99. The van der Waals surface area contributed by atoms with Crippen LogP contribution in [0.15, 0.2) is 60.7 Å². The molecule has 6 nitrogen and oxygen atoms in total. The van der Waals surface area contributed by atoms with Crippen LogP contribution in [0.1, 0.15) is 16.8 Å². The number of nitrogens with zero attached hydrogens (tertiary/aromatic N) is 4. The van der Waals surface area contributed by atoms with E-state index in [-0.39, 0.29) is 5.91 Å². The van der Waals surface area contributed by atoms with Gasteiger partial charge in [0.25, 0.3) is 0 Å². The number of aromatic nitrogens is 2. The number of hydrogen-bond acceptors (Lipinski definition) is 5. The van der Waals surface area contributed by atoms with Gasteiger partial charge in [-0.2, -0.15) is 4.98 Å². The molecule has 0 bridgehead atoms. The highest BCUT2D eigenvalue weighted by molar-refractivity contribution is 6.32. The minimum atomic E-state index is -0.0172. The number of carbonyl (C=O) groups excluding carboxylic acids is 1. The van der Waals surface area contributed by atoms with Gasteiger partial charge in [-0.25, -0.2) is 4.98 Å². The van der Waals surface area contributed by atoms with Crippen molar-refractivity contribution in [1.29, 1.82) is 0 Å².